The van der Waals surface area contributed by atoms with E-state index in [9.17, 15) is 39.0 Å². The fourth-order valence-corrected chi connectivity index (χ4v) is 7.15. The Morgan fingerprint density at radius 3 is 2.33 bits per heavy atom. The van der Waals surface area contributed by atoms with Crippen molar-refractivity contribution < 1.29 is 39.0 Å². The smallest absolute Gasteiger partial charge is 0.235 e. The summed E-state index contributed by atoms with van der Waals surface area (Å²) in [6.45, 7) is 3.83. The Labute approximate surface area is 248 Å². The average Bonchev–Trinajstić information content (AvgIpc) is 2.88. The summed E-state index contributed by atoms with van der Waals surface area (Å²) >= 11 is 6.82. The Morgan fingerprint density at radius 1 is 1.17 bits per heavy atom. The molecule has 0 radical (unpaired) electrons. The predicted octanol–water partition coefficient (Wildman–Crippen LogP) is -0.481. The van der Waals surface area contributed by atoms with Gasteiger partial charge in [0, 0.05) is 17.5 Å². The number of hydrogen-bond acceptors (Lipinski definition) is 11. The largest absolute Gasteiger partial charge is 0.507 e. The van der Waals surface area contributed by atoms with Crippen molar-refractivity contribution in [3.05, 3.63) is 27.8 Å². The highest BCUT2D eigenvalue weighted by molar-refractivity contribution is 6.34. The Hall–Kier alpha value is -3.03. The first-order chi connectivity index (χ1) is 19.4. The number of nitrogens with two attached hydrogens (primary N) is 1. The molecule has 6 atom stereocenters. The number of aliphatic hydroxyl groups is 1. The number of nitrogens with zero attached hydrogens (tertiary/aromatic N) is 2. The molecule has 228 valence electrons. The van der Waals surface area contributed by atoms with Crippen molar-refractivity contribution >= 4 is 46.4 Å². The summed E-state index contributed by atoms with van der Waals surface area (Å²) in [4.78, 5) is 82.3. The van der Waals surface area contributed by atoms with Crippen LogP contribution in [0.2, 0.25) is 5.02 Å². The molecule has 42 heavy (non-hydrogen) atoms. The quantitative estimate of drug-likeness (QED) is 0.281. The van der Waals surface area contributed by atoms with Crippen molar-refractivity contribution in [2.45, 2.75) is 50.4 Å². The minimum atomic E-state index is -2.79. The number of carbonyl (C=O) groups excluding carboxylic acids is 6. The molecule has 0 saturated heterocycles. The standard InChI is InChI=1S/C29H37ClN4O8/c1-28(2,17(36)10-32-3)34(6)11-13-9-16(35)19-14(21(13)30)7-12-8-15-22(33(4)5)24(38)20(27(31)41)26(40)29(15,42)25(39)18(12)23(19)37/h9,12,15,18,20,22,32,35,42H,7-8,10-11H2,1-6H3,(H2,31,41)/t12-,15-,18?,20?,22-,29?/m0/s1. The maximum Gasteiger partial charge on any atom is 0.235 e. The summed E-state index contributed by atoms with van der Waals surface area (Å²) in [6, 6.07) is 0.127. The van der Waals surface area contributed by atoms with Crippen LogP contribution < -0.4 is 11.1 Å². The first-order valence-corrected chi connectivity index (χ1v) is 14.1. The first kappa shape index (κ1) is 31.9. The molecule has 2 fully saturated rings. The van der Waals surface area contributed by atoms with E-state index in [4.69, 9.17) is 17.3 Å². The lowest BCUT2D eigenvalue weighted by Crippen LogP contribution is -2.74. The van der Waals surface area contributed by atoms with Gasteiger partial charge in [0.2, 0.25) is 5.91 Å². The van der Waals surface area contributed by atoms with Gasteiger partial charge in [0.1, 0.15) is 5.75 Å². The van der Waals surface area contributed by atoms with Gasteiger partial charge in [0.25, 0.3) is 0 Å². The SMILES string of the molecule is CNCC(=O)C(C)(C)N(C)Cc1cc(O)c2c(c1Cl)C[C@H]1C[C@H]3[C@H](N(C)C)C(=O)C(C(N)=O)C(=O)C3(O)C(=O)C1C2=O. The Kier molecular flexibility index (Phi) is 8.29. The minimum absolute atomic E-state index is 0.0534. The number of hydrogen-bond donors (Lipinski definition) is 4. The summed E-state index contributed by atoms with van der Waals surface area (Å²) in [5.74, 6) is -11.3. The molecule has 3 aliphatic carbocycles. The second-order valence-corrected chi connectivity index (χ2v) is 12.8. The molecular weight excluding hydrogens is 568 g/mol. The number of ketones is 5. The third-order valence-electron chi connectivity index (χ3n) is 9.45. The van der Waals surface area contributed by atoms with E-state index < -0.39 is 75.6 Å². The van der Waals surface area contributed by atoms with Crippen molar-refractivity contribution in [1.82, 2.24) is 15.1 Å². The van der Waals surface area contributed by atoms with Crippen LogP contribution in [0.25, 0.3) is 0 Å². The van der Waals surface area contributed by atoms with Gasteiger partial charge in [-0.15, -0.1) is 0 Å². The minimum Gasteiger partial charge on any atom is -0.507 e. The van der Waals surface area contributed by atoms with E-state index in [1.54, 1.807) is 32.8 Å². The van der Waals surface area contributed by atoms with Crippen LogP contribution in [0.5, 0.6) is 5.75 Å². The highest BCUT2D eigenvalue weighted by Gasteiger charge is 2.69. The normalized spacial score (nSPS) is 29.4. The van der Waals surface area contributed by atoms with Crippen molar-refractivity contribution in [3.8, 4) is 5.75 Å². The number of carbonyl (C=O) groups is 6. The maximum absolute atomic E-state index is 13.9. The van der Waals surface area contributed by atoms with Crippen molar-refractivity contribution in [3.63, 3.8) is 0 Å². The monoisotopic (exact) mass is 604 g/mol. The van der Waals surface area contributed by atoms with Gasteiger partial charge in [0.05, 0.1) is 29.6 Å². The lowest BCUT2D eigenvalue weighted by atomic mass is 9.52. The van der Waals surface area contributed by atoms with Gasteiger partial charge in [0.15, 0.2) is 40.4 Å². The molecule has 3 unspecified atom stereocenters. The number of amides is 1. The molecule has 0 aromatic heterocycles. The van der Waals surface area contributed by atoms with E-state index in [0.29, 0.717) is 11.1 Å². The summed E-state index contributed by atoms with van der Waals surface area (Å²) in [5, 5.41) is 25.7. The van der Waals surface area contributed by atoms with E-state index in [1.165, 1.54) is 25.1 Å². The molecule has 0 bridgehead atoms. The molecule has 0 spiro atoms. The number of aromatic hydroxyl groups is 1. The summed E-state index contributed by atoms with van der Waals surface area (Å²) in [6.07, 6.45) is -0.0193. The number of phenolic OH excluding ortho intramolecular Hbond substituents is 1. The average molecular weight is 605 g/mol. The van der Waals surface area contributed by atoms with Crippen LogP contribution in [0.15, 0.2) is 6.07 Å². The molecule has 2 saturated carbocycles. The van der Waals surface area contributed by atoms with Crippen LogP contribution in [0, 0.1) is 23.7 Å². The molecule has 1 aromatic rings. The number of nitrogens with one attached hydrogen (secondary N) is 1. The van der Waals surface area contributed by atoms with Crippen LogP contribution in [-0.2, 0) is 36.9 Å². The second kappa shape index (κ2) is 10.9. The number of benzene rings is 1. The fraction of sp³-hybridized carbons (Fsp3) is 0.586. The number of halogens is 1. The number of likely N-dealkylation sites (N-methyl/N-ethyl adjacent to an activating group) is 3. The molecular formula is C29H37ClN4O8. The lowest BCUT2D eigenvalue weighted by molar-refractivity contribution is -0.181. The third kappa shape index (κ3) is 4.60. The van der Waals surface area contributed by atoms with Gasteiger partial charge in [-0.05, 0) is 78.0 Å². The highest BCUT2D eigenvalue weighted by atomic mass is 35.5. The van der Waals surface area contributed by atoms with Gasteiger partial charge < -0.3 is 21.3 Å². The van der Waals surface area contributed by atoms with E-state index in [0.717, 1.165) is 0 Å². The molecule has 4 rings (SSSR count). The summed E-state index contributed by atoms with van der Waals surface area (Å²) in [5.41, 5.74) is 2.27. The van der Waals surface area contributed by atoms with E-state index in [1.807, 2.05) is 0 Å². The molecule has 0 aliphatic heterocycles. The molecule has 12 nitrogen and oxygen atoms in total. The zero-order chi connectivity index (χ0) is 31.6. The van der Waals surface area contributed by atoms with Crippen LogP contribution in [0.1, 0.15) is 41.8 Å². The van der Waals surface area contributed by atoms with Crippen molar-refractivity contribution in [2.24, 2.45) is 29.4 Å². The van der Waals surface area contributed by atoms with Gasteiger partial charge in [-0.25, -0.2) is 0 Å². The molecule has 5 N–H and O–H groups in total. The van der Waals surface area contributed by atoms with E-state index in [-0.39, 0.29) is 42.3 Å². The fourth-order valence-electron chi connectivity index (χ4n) is 6.87. The van der Waals surface area contributed by atoms with Crippen molar-refractivity contribution in [1.29, 1.82) is 0 Å². The molecule has 1 aromatic carbocycles. The molecule has 13 heteroatoms. The number of fused-ring (bicyclic) bond motifs is 3. The highest BCUT2D eigenvalue weighted by Crippen LogP contribution is 2.51. The molecule has 1 amide bonds. The second-order valence-electron chi connectivity index (χ2n) is 12.4. The number of Topliss-reactive ketones (excluding diaryl/α,β-unsaturated/α-hetero) is 5. The van der Waals surface area contributed by atoms with Crippen LogP contribution >= 0.6 is 11.6 Å². The summed E-state index contributed by atoms with van der Waals surface area (Å²) < 4.78 is 0. The summed E-state index contributed by atoms with van der Waals surface area (Å²) in [7, 11) is 6.45. The Bertz CT molecular complexity index is 1410. The maximum atomic E-state index is 13.9. The Balaban J connectivity index is 1.77. The zero-order valence-corrected chi connectivity index (χ0v) is 25.2. The molecule has 3 aliphatic rings. The van der Waals surface area contributed by atoms with E-state index in [2.05, 4.69) is 5.32 Å². The topological polar surface area (TPSA) is 187 Å². The van der Waals surface area contributed by atoms with Crippen LogP contribution in [0.4, 0.5) is 0 Å². The van der Waals surface area contributed by atoms with Crippen molar-refractivity contribution in [2.75, 3.05) is 34.7 Å². The zero-order valence-electron chi connectivity index (χ0n) is 24.5. The van der Waals surface area contributed by atoms with Crippen LogP contribution in [-0.4, -0.2) is 107 Å². The third-order valence-corrected chi connectivity index (χ3v) is 9.92. The Morgan fingerprint density at radius 2 is 1.79 bits per heavy atom. The van der Waals surface area contributed by atoms with E-state index >= 15 is 0 Å². The van der Waals surface area contributed by atoms with Gasteiger partial charge in [-0.3, -0.25) is 38.6 Å². The number of primary amides is 1. The molecule has 0 heterocycles. The number of rotatable bonds is 8. The van der Waals surface area contributed by atoms with Gasteiger partial charge in [-0.2, -0.15) is 0 Å². The van der Waals surface area contributed by atoms with Gasteiger partial charge >= 0.3 is 0 Å². The number of phenols is 1. The first-order valence-electron chi connectivity index (χ1n) is 13.7. The predicted molar refractivity (Wildman–Crippen MR) is 151 cm³/mol. The lowest BCUT2D eigenvalue weighted by Gasteiger charge is -2.52. The van der Waals surface area contributed by atoms with Gasteiger partial charge in [-0.1, -0.05) is 11.6 Å². The van der Waals surface area contributed by atoms with Crippen LogP contribution in [0.3, 0.4) is 0 Å².